The van der Waals surface area contributed by atoms with Gasteiger partial charge in [0.05, 0.1) is 0 Å². The molecule has 0 fully saturated rings. The molecule has 0 radical (unpaired) electrons. The first kappa shape index (κ1) is 24.2. The van der Waals surface area contributed by atoms with Gasteiger partial charge in [0, 0.05) is 16.3 Å². The molecule has 0 bridgehead atoms. The van der Waals surface area contributed by atoms with Crippen LogP contribution in [0.1, 0.15) is 11.1 Å². The van der Waals surface area contributed by atoms with Gasteiger partial charge in [-0.25, -0.2) is 0 Å². The first-order valence-electron chi connectivity index (χ1n) is 14.9. The highest BCUT2D eigenvalue weighted by Gasteiger charge is 2.20. The van der Waals surface area contributed by atoms with Crippen molar-refractivity contribution >= 4 is 54.3 Å². The number of benzene rings is 8. The van der Waals surface area contributed by atoms with Crippen molar-refractivity contribution in [1.29, 1.82) is 0 Å². The van der Waals surface area contributed by atoms with Crippen LogP contribution >= 0.6 is 0 Å². The van der Waals surface area contributed by atoms with Crippen molar-refractivity contribution in [2.45, 2.75) is 13.8 Å². The van der Waals surface area contributed by atoms with Crippen LogP contribution in [0.2, 0.25) is 0 Å². The summed E-state index contributed by atoms with van der Waals surface area (Å²) >= 11 is 0. The third-order valence-corrected chi connectivity index (χ3v) is 9.20. The minimum atomic E-state index is 0.921. The fraction of sp³-hybridized carbons (Fsp3) is 0.0476. The number of hydrogen-bond acceptors (Lipinski definition) is 1. The monoisotopic (exact) mass is 548 g/mol. The van der Waals surface area contributed by atoms with E-state index in [-0.39, 0.29) is 0 Å². The maximum absolute atomic E-state index is 6.58. The molecule has 0 unspecified atom stereocenters. The van der Waals surface area contributed by atoms with Crippen LogP contribution in [0.3, 0.4) is 0 Å². The summed E-state index contributed by atoms with van der Waals surface area (Å²) in [6.45, 7) is 4.29. The summed E-state index contributed by atoms with van der Waals surface area (Å²) in [4.78, 5) is 0. The number of rotatable bonds is 3. The van der Waals surface area contributed by atoms with Crippen LogP contribution in [0.25, 0.3) is 87.6 Å². The molecule has 9 aromatic rings. The van der Waals surface area contributed by atoms with E-state index in [1.54, 1.807) is 0 Å². The van der Waals surface area contributed by atoms with E-state index in [0.717, 1.165) is 27.5 Å². The van der Waals surface area contributed by atoms with Crippen LogP contribution in [0.5, 0.6) is 0 Å². The van der Waals surface area contributed by atoms with E-state index >= 15 is 0 Å². The third-order valence-electron chi connectivity index (χ3n) is 9.20. The molecule has 0 saturated carbocycles. The van der Waals surface area contributed by atoms with Crippen molar-refractivity contribution in [3.8, 4) is 33.4 Å². The molecule has 0 amide bonds. The highest BCUT2D eigenvalue weighted by atomic mass is 16.3. The van der Waals surface area contributed by atoms with Crippen molar-refractivity contribution in [1.82, 2.24) is 0 Å². The Morgan fingerprint density at radius 1 is 0.395 bits per heavy atom. The smallest absolute Gasteiger partial charge is 0.143 e. The lowest BCUT2D eigenvalue weighted by atomic mass is 9.83. The van der Waals surface area contributed by atoms with Gasteiger partial charge in [0.1, 0.15) is 11.2 Å². The maximum atomic E-state index is 6.58. The fourth-order valence-corrected chi connectivity index (χ4v) is 7.04. The molecule has 0 aliphatic carbocycles. The van der Waals surface area contributed by atoms with E-state index in [4.69, 9.17) is 4.42 Å². The number of fused-ring (bicyclic) bond motifs is 3. The second-order valence-corrected chi connectivity index (χ2v) is 11.8. The SMILES string of the molecule is Cc1ccc(-c2ccc3ccc4c(-c5cccc6c5oc5ccccc56)cc(-c5ccc(C)cc5)c5ccc2c3c54)cc1. The Bertz CT molecular complexity index is 2490. The number of aryl methyl sites for hydroxylation is 2. The normalized spacial score (nSPS) is 12.0. The minimum Gasteiger partial charge on any atom is -0.455 e. The zero-order valence-corrected chi connectivity index (χ0v) is 24.1. The van der Waals surface area contributed by atoms with Crippen molar-refractivity contribution in [3.05, 3.63) is 145 Å². The predicted octanol–water partition coefficient (Wildman–Crippen LogP) is 12.1. The molecule has 0 aliphatic heterocycles. The largest absolute Gasteiger partial charge is 0.455 e. The summed E-state index contributed by atoms with van der Waals surface area (Å²) in [7, 11) is 0. The lowest BCUT2D eigenvalue weighted by Gasteiger charge is -2.19. The Hall–Kier alpha value is -5.40. The van der Waals surface area contributed by atoms with Gasteiger partial charge in [-0.3, -0.25) is 0 Å². The van der Waals surface area contributed by atoms with E-state index in [0.29, 0.717) is 0 Å². The molecular weight excluding hydrogens is 520 g/mol. The van der Waals surface area contributed by atoms with Crippen molar-refractivity contribution in [3.63, 3.8) is 0 Å². The van der Waals surface area contributed by atoms with Gasteiger partial charge < -0.3 is 4.42 Å². The lowest BCUT2D eigenvalue weighted by Crippen LogP contribution is -1.92. The van der Waals surface area contributed by atoms with Gasteiger partial charge >= 0.3 is 0 Å². The molecule has 1 nitrogen and oxygen atoms in total. The molecule has 0 aliphatic rings. The first-order valence-corrected chi connectivity index (χ1v) is 14.9. The van der Waals surface area contributed by atoms with Crippen molar-refractivity contribution in [2.24, 2.45) is 0 Å². The highest BCUT2D eigenvalue weighted by Crippen LogP contribution is 2.47. The molecule has 202 valence electrons. The Labute approximate surface area is 250 Å². The lowest BCUT2D eigenvalue weighted by molar-refractivity contribution is 0.670. The van der Waals surface area contributed by atoms with Gasteiger partial charge in [0.15, 0.2) is 0 Å². The average Bonchev–Trinajstić information content (AvgIpc) is 3.43. The maximum Gasteiger partial charge on any atom is 0.143 e. The predicted molar refractivity (Wildman–Crippen MR) is 183 cm³/mol. The Morgan fingerprint density at radius 3 is 1.77 bits per heavy atom. The summed E-state index contributed by atoms with van der Waals surface area (Å²) in [5, 5.41) is 10.0. The Kier molecular flexibility index (Phi) is 5.10. The van der Waals surface area contributed by atoms with E-state index in [9.17, 15) is 0 Å². The fourth-order valence-electron chi connectivity index (χ4n) is 7.04. The molecule has 1 heterocycles. The molecule has 8 aromatic carbocycles. The van der Waals surface area contributed by atoms with Gasteiger partial charge in [-0.1, -0.05) is 132 Å². The second-order valence-electron chi connectivity index (χ2n) is 11.8. The molecule has 43 heavy (non-hydrogen) atoms. The standard InChI is InChI=1S/C42H28O/c1-25-10-14-27(15-11-25)30-20-18-29-19-21-34-38(36-8-5-7-35-31-6-3-4-9-39(31)43-42(35)36)24-37(28-16-12-26(2)13-17-28)33-23-22-32(30)40(29)41(33)34/h3-24H,1-2H3. The highest BCUT2D eigenvalue weighted by molar-refractivity contribution is 6.30. The van der Waals surface area contributed by atoms with E-state index in [1.807, 2.05) is 6.07 Å². The van der Waals surface area contributed by atoms with Gasteiger partial charge in [0.25, 0.3) is 0 Å². The van der Waals surface area contributed by atoms with Crippen LogP contribution in [0, 0.1) is 13.8 Å². The van der Waals surface area contributed by atoms with Gasteiger partial charge in [-0.15, -0.1) is 0 Å². The third kappa shape index (κ3) is 3.58. The van der Waals surface area contributed by atoms with Gasteiger partial charge in [-0.2, -0.15) is 0 Å². The molecular formula is C42H28O. The zero-order chi connectivity index (χ0) is 28.7. The van der Waals surface area contributed by atoms with Crippen LogP contribution in [-0.4, -0.2) is 0 Å². The number of furan rings is 1. The molecule has 1 aromatic heterocycles. The molecule has 9 rings (SSSR count). The average molecular weight is 549 g/mol. The summed E-state index contributed by atoms with van der Waals surface area (Å²) < 4.78 is 6.58. The summed E-state index contributed by atoms with van der Waals surface area (Å²) in [6.07, 6.45) is 0. The zero-order valence-electron chi connectivity index (χ0n) is 24.1. The van der Waals surface area contributed by atoms with E-state index in [1.165, 1.54) is 71.3 Å². The van der Waals surface area contributed by atoms with Crippen molar-refractivity contribution < 1.29 is 4.42 Å². The molecule has 0 atom stereocenters. The van der Waals surface area contributed by atoms with Gasteiger partial charge in [0.2, 0.25) is 0 Å². The number of hydrogen-bond donors (Lipinski definition) is 0. The van der Waals surface area contributed by atoms with E-state index < -0.39 is 0 Å². The second kappa shape index (κ2) is 9.05. The van der Waals surface area contributed by atoms with Crippen LogP contribution in [0.15, 0.2) is 138 Å². The van der Waals surface area contributed by atoms with Crippen LogP contribution in [-0.2, 0) is 0 Å². The first-order chi connectivity index (χ1) is 21.1. The van der Waals surface area contributed by atoms with Crippen LogP contribution < -0.4 is 0 Å². The quantitative estimate of drug-likeness (QED) is 0.200. The minimum absolute atomic E-state index is 0.921. The number of para-hydroxylation sites is 2. The molecule has 1 heteroatoms. The van der Waals surface area contributed by atoms with Crippen molar-refractivity contribution in [2.75, 3.05) is 0 Å². The summed E-state index contributed by atoms with van der Waals surface area (Å²) in [5.74, 6) is 0. The van der Waals surface area contributed by atoms with Gasteiger partial charge in [-0.05, 0) is 86.1 Å². The molecule has 0 spiro atoms. The Morgan fingerprint density at radius 2 is 1.00 bits per heavy atom. The van der Waals surface area contributed by atoms with E-state index in [2.05, 4.69) is 141 Å². The summed E-state index contributed by atoms with van der Waals surface area (Å²) in [6, 6.07) is 48.9. The molecule has 0 saturated heterocycles. The summed E-state index contributed by atoms with van der Waals surface area (Å²) in [5.41, 5.74) is 11.7. The molecule has 0 N–H and O–H groups in total. The van der Waals surface area contributed by atoms with Crippen LogP contribution in [0.4, 0.5) is 0 Å². The topological polar surface area (TPSA) is 13.1 Å². The Balaban J connectivity index is 1.44.